The van der Waals surface area contributed by atoms with Crippen molar-refractivity contribution in [3.63, 3.8) is 0 Å². The first kappa shape index (κ1) is 25.6. The molecular weight excluding hydrogens is 461 g/mol. The Hall–Kier alpha value is -4.01. The van der Waals surface area contributed by atoms with Gasteiger partial charge in [-0.1, -0.05) is 69.3 Å². The molecule has 0 fully saturated rings. The molecule has 0 aliphatic carbocycles. The van der Waals surface area contributed by atoms with E-state index in [0.29, 0.717) is 16.7 Å². The van der Waals surface area contributed by atoms with Crippen LogP contribution in [0.3, 0.4) is 0 Å². The predicted molar refractivity (Wildman–Crippen MR) is 124 cm³/mol. The monoisotopic (exact) mass is 486 g/mol. The van der Waals surface area contributed by atoms with Gasteiger partial charge in [-0.2, -0.15) is 0 Å². The van der Waals surface area contributed by atoms with Crippen molar-refractivity contribution in [2.75, 3.05) is 0 Å². The number of hydrogen-bond donors (Lipinski definition) is 3. The van der Waals surface area contributed by atoms with Crippen LogP contribution in [0.1, 0.15) is 53.4 Å². The molecule has 0 spiro atoms. The van der Waals surface area contributed by atoms with E-state index in [9.17, 15) is 27.9 Å². The van der Waals surface area contributed by atoms with E-state index in [0.717, 1.165) is 17.7 Å². The van der Waals surface area contributed by atoms with Crippen LogP contribution in [0.4, 0.5) is 18.0 Å². The highest BCUT2D eigenvalue weighted by Crippen LogP contribution is 2.39. The zero-order valence-corrected chi connectivity index (χ0v) is 19.3. The first-order chi connectivity index (χ1) is 16.2. The molecule has 0 bridgehead atoms. The molecule has 0 heterocycles. The Morgan fingerprint density at radius 2 is 1.17 bits per heavy atom. The molecule has 0 saturated carbocycles. The van der Waals surface area contributed by atoms with E-state index in [1.54, 1.807) is 12.1 Å². The molecule has 1 unspecified atom stereocenters. The van der Waals surface area contributed by atoms with Crippen LogP contribution in [0.25, 0.3) is 0 Å². The summed E-state index contributed by atoms with van der Waals surface area (Å²) in [6, 6.07) is 17.3. The Balaban J connectivity index is 2.26. The van der Waals surface area contributed by atoms with Gasteiger partial charge in [-0.15, -0.1) is 13.2 Å². The molecule has 9 heteroatoms. The molecule has 0 aliphatic heterocycles. The van der Waals surface area contributed by atoms with Gasteiger partial charge in [0.1, 0.15) is 11.3 Å². The number of aromatic carboxylic acids is 1. The minimum atomic E-state index is -4.86. The van der Waals surface area contributed by atoms with Gasteiger partial charge < -0.3 is 20.9 Å². The van der Waals surface area contributed by atoms with Crippen molar-refractivity contribution in [1.82, 2.24) is 5.32 Å². The normalized spacial score (nSPS) is 13.5. The topological polar surface area (TPSA) is 102 Å². The summed E-state index contributed by atoms with van der Waals surface area (Å²) >= 11 is 0. The fourth-order valence-corrected chi connectivity index (χ4v) is 3.89. The van der Waals surface area contributed by atoms with Gasteiger partial charge in [0.2, 0.25) is 0 Å². The number of ether oxygens (including phenoxy) is 1. The number of rotatable bonds is 6. The van der Waals surface area contributed by atoms with Gasteiger partial charge in [-0.3, -0.25) is 0 Å². The summed E-state index contributed by atoms with van der Waals surface area (Å²) in [7, 11) is 0. The number of primary amides is 1. The first-order valence-electron chi connectivity index (χ1n) is 10.6. The average molecular weight is 486 g/mol. The summed E-state index contributed by atoms with van der Waals surface area (Å²) in [5.41, 5.74) is 6.42. The smallest absolute Gasteiger partial charge is 0.478 e. The molecule has 0 saturated heterocycles. The lowest BCUT2D eigenvalue weighted by atomic mass is 9.75. The molecule has 1 atom stereocenters. The third-order valence-electron chi connectivity index (χ3n) is 5.58. The minimum Gasteiger partial charge on any atom is -0.478 e. The third kappa shape index (κ3) is 5.74. The van der Waals surface area contributed by atoms with E-state index < -0.39 is 29.7 Å². The molecule has 6 nitrogen and oxygen atoms in total. The molecule has 4 N–H and O–H groups in total. The Morgan fingerprint density at radius 3 is 1.54 bits per heavy atom. The number of carboxylic acid groups (broad SMARTS) is 1. The van der Waals surface area contributed by atoms with Crippen LogP contribution >= 0.6 is 0 Å². The molecular formula is C26H25F3N2O4. The van der Waals surface area contributed by atoms with E-state index in [2.05, 4.69) is 10.1 Å². The number of hydrogen-bond acceptors (Lipinski definition) is 3. The molecule has 0 radical (unpaired) electrons. The largest absolute Gasteiger partial charge is 0.573 e. The predicted octanol–water partition coefficient (Wildman–Crippen LogP) is 5.54. The van der Waals surface area contributed by atoms with Crippen molar-refractivity contribution in [3.8, 4) is 5.75 Å². The van der Waals surface area contributed by atoms with Gasteiger partial charge in [-0.25, -0.2) is 9.59 Å². The van der Waals surface area contributed by atoms with Gasteiger partial charge in [-0.05, 0) is 51.9 Å². The Bertz CT molecular complexity index is 1200. The lowest BCUT2D eigenvalue weighted by molar-refractivity contribution is -0.274. The fourth-order valence-electron chi connectivity index (χ4n) is 3.89. The van der Waals surface area contributed by atoms with E-state index in [1.807, 2.05) is 32.9 Å². The van der Waals surface area contributed by atoms with Crippen molar-refractivity contribution in [2.24, 2.45) is 5.73 Å². The lowest BCUT2D eigenvalue weighted by Gasteiger charge is -2.36. The van der Waals surface area contributed by atoms with Crippen LogP contribution in [0.2, 0.25) is 0 Å². The second-order valence-corrected chi connectivity index (χ2v) is 9.02. The van der Waals surface area contributed by atoms with Gasteiger partial charge in [0.15, 0.2) is 0 Å². The van der Waals surface area contributed by atoms with Crippen molar-refractivity contribution in [3.05, 3.63) is 101 Å². The summed E-state index contributed by atoms with van der Waals surface area (Å²) in [6.45, 7) is 6.13. The maximum atomic E-state index is 12.7. The molecule has 3 rings (SSSR count). The highest BCUT2D eigenvalue weighted by atomic mass is 19.4. The molecule has 35 heavy (non-hydrogen) atoms. The number of amides is 2. The number of benzene rings is 3. The Labute approximate surface area is 200 Å². The number of urea groups is 1. The quantitative estimate of drug-likeness (QED) is 0.398. The van der Waals surface area contributed by atoms with Crippen molar-refractivity contribution < 1.29 is 32.6 Å². The van der Waals surface area contributed by atoms with Crippen molar-refractivity contribution >= 4 is 12.0 Å². The van der Waals surface area contributed by atoms with Crippen LogP contribution in [0.5, 0.6) is 5.75 Å². The van der Waals surface area contributed by atoms with Crippen LogP contribution < -0.4 is 15.8 Å². The number of alkyl halides is 3. The van der Waals surface area contributed by atoms with Crippen molar-refractivity contribution in [1.29, 1.82) is 0 Å². The lowest BCUT2D eigenvalue weighted by Crippen LogP contribution is -2.50. The SMILES string of the molecule is CC(C)(C)c1ccc(C(NC(N)=O)(c2ccc(OC(F)(F)F)cc2)c2ccc(C(=O)O)cc2)cc1. The zero-order valence-electron chi connectivity index (χ0n) is 19.3. The molecule has 3 aromatic carbocycles. The highest BCUT2D eigenvalue weighted by molar-refractivity contribution is 5.87. The van der Waals surface area contributed by atoms with Crippen LogP contribution in [-0.4, -0.2) is 23.5 Å². The fraction of sp³-hybridized carbons (Fsp3) is 0.231. The standard InChI is InChI=1S/C26H25F3N2O4/c1-24(2,3)17-8-10-19(11-9-17)25(31-23(30)34,18-6-4-16(5-7-18)22(32)33)20-12-14-21(15-13-20)35-26(27,28)29/h4-15H,1-3H3,(H,32,33)(H3,30,31,34). The van der Waals surface area contributed by atoms with E-state index >= 15 is 0 Å². The van der Waals surface area contributed by atoms with Crippen LogP contribution in [0.15, 0.2) is 72.8 Å². The number of carbonyl (C=O) groups is 2. The number of nitrogens with two attached hydrogens (primary N) is 1. The molecule has 3 aromatic rings. The summed E-state index contributed by atoms with van der Waals surface area (Å²) in [5.74, 6) is -1.56. The molecule has 2 amide bonds. The first-order valence-corrected chi connectivity index (χ1v) is 10.6. The number of carboxylic acids is 1. The highest BCUT2D eigenvalue weighted by Gasteiger charge is 2.38. The van der Waals surface area contributed by atoms with Crippen LogP contribution in [-0.2, 0) is 11.0 Å². The molecule has 0 aromatic heterocycles. The maximum Gasteiger partial charge on any atom is 0.573 e. The maximum absolute atomic E-state index is 12.7. The second-order valence-electron chi connectivity index (χ2n) is 9.02. The van der Waals surface area contributed by atoms with E-state index in [4.69, 9.17) is 5.73 Å². The number of halogens is 3. The van der Waals surface area contributed by atoms with E-state index in [1.165, 1.54) is 36.4 Å². The van der Waals surface area contributed by atoms with Crippen molar-refractivity contribution in [2.45, 2.75) is 38.1 Å². The number of nitrogens with one attached hydrogen (secondary N) is 1. The summed E-state index contributed by atoms with van der Waals surface area (Å²) in [6.07, 6.45) is -4.86. The van der Waals surface area contributed by atoms with Gasteiger partial charge in [0.05, 0.1) is 5.56 Å². The molecule has 0 aliphatic rings. The molecule has 184 valence electrons. The zero-order chi connectivity index (χ0) is 26.0. The Kier molecular flexibility index (Phi) is 6.82. The summed E-state index contributed by atoms with van der Waals surface area (Å²) < 4.78 is 42.0. The summed E-state index contributed by atoms with van der Waals surface area (Å²) in [4.78, 5) is 23.6. The Morgan fingerprint density at radius 1 is 0.771 bits per heavy atom. The third-order valence-corrected chi connectivity index (χ3v) is 5.58. The van der Waals surface area contributed by atoms with Gasteiger partial charge in [0.25, 0.3) is 0 Å². The average Bonchev–Trinajstić information content (AvgIpc) is 2.76. The van der Waals surface area contributed by atoms with E-state index in [-0.39, 0.29) is 11.0 Å². The number of carbonyl (C=O) groups excluding carboxylic acids is 1. The second kappa shape index (κ2) is 9.32. The summed E-state index contributed by atoms with van der Waals surface area (Å²) in [5, 5.41) is 12.0. The minimum absolute atomic E-state index is 0.0266. The van der Waals surface area contributed by atoms with Gasteiger partial charge >= 0.3 is 18.4 Å². The van der Waals surface area contributed by atoms with Crippen LogP contribution in [0, 0.1) is 0 Å². The van der Waals surface area contributed by atoms with Gasteiger partial charge in [0, 0.05) is 0 Å².